The highest BCUT2D eigenvalue weighted by Crippen LogP contribution is 2.22. The van der Waals surface area contributed by atoms with Crippen LogP contribution in [0, 0.1) is 0 Å². The predicted molar refractivity (Wildman–Crippen MR) is 115 cm³/mol. The molecule has 31 heavy (non-hydrogen) atoms. The average molecular weight is 465 g/mol. The summed E-state index contributed by atoms with van der Waals surface area (Å²) in [5.41, 5.74) is 0.870. The topological polar surface area (TPSA) is 137 Å². The number of benzene rings is 2. The number of hydrogen-bond acceptors (Lipinski definition) is 8. The zero-order valence-electron chi connectivity index (χ0n) is 16.6. The average Bonchev–Trinajstić information content (AvgIpc) is 2.73. The lowest BCUT2D eigenvalue weighted by molar-refractivity contribution is 0.353. The van der Waals surface area contributed by atoms with Crippen molar-refractivity contribution in [3.8, 4) is 11.9 Å². The number of anilines is 2. The fourth-order valence-corrected chi connectivity index (χ4v) is 4.75. The second-order valence-corrected chi connectivity index (χ2v) is 9.66. The van der Waals surface area contributed by atoms with Crippen molar-refractivity contribution < 1.29 is 26.3 Å². The van der Waals surface area contributed by atoms with Crippen molar-refractivity contribution in [1.29, 1.82) is 0 Å². The van der Waals surface area contributed by atoms with Crippen LogP contribution in [0.15, 0.2) is 65.6 Å². The number of sulfonamides is 2. The van der Waals surface area contributed by atoms with Gasteiger partial charge >= 0.3 is 6.01 Å². The molecule has 0 aliphatic heterocycles. The summed E-state index contributed by atoms with van der Waals surface area (Å²) in [6.07, 6.45) is 0. The summed E-state index contributed by atoms with van der Waals surface area (Å²) >= 11 is 0. The molecule has 10 nitrogen and oxygen atoms in total. The minimum Gasteiger partial charge on any atom is -0.481 e. The zero-order chi connectivity index (χ0) is 22.5. The molecule has 0 fully saturated rings. The van der Waals surface area contributed by atoms with Crippen LogP contribution in [0.2, 0.25) is 0 Å². The van der Waals surface area contributed by atoms with E-state index in [2.05, 4.69) is 19.4 Å². The Morgan fingerprint density at radius 3 is 2.13 bits per heavy atom. The van der Waals surface area contributed by atoms with E-state index in [0.717, 1.165) is 0 Å². The Kier molecular flexibility index (Phi) is 6.61. The van der Waals surface area contributed by atoms with Crippen molar-refractivity contribution in [2.75, 3.05) is 23.7 Å². The van der Waals surface area contributed by atoms with Gasteiger partial charge < -0.3 is 9.47 Å². The molecule has 0 amide bonds. The van der Waals surface area contributed by atoms with Crippen LogP contribution in [0.5, 0.6) is 11.9 Å². The minimum absolute atomic E-state index is 0.0451. The lowest BCUT2D eigenvalue weighted by Crippen LogP contribution is -2.16. The van der Waals surface area contributed by atoms with Crippen LogP contribution in [0.1, 0.15) is 5.56 Å². The lowest BCUT2D eigenvalue weighted by Gasteiger charge is -2.11. The van der Waals surface area contributed by atoms with Gasteiger partial charge in [-0.25, -0.2) is 16.8 Å². The van der Waals surface area contributed by atoms with Crippen molar-refractivity contribution >= 4 is 31.6 Å². The van der Waals surface area contributed by atoms with Crippen molar-refractivity contribution in [1.82, 2.24) is 9.97 Å². The molecule has 0 spiro atoms. The number of methoxy groups -OCH3 is 2. The molecule has 12 heteroatoms. The van der Waals surface area contributed by atoms with Crippen molar-refractivity contribution in [2.45, 2.75) is 10.6 Å². The smallest absolute Gasteiger partial charge is 0.321 e. The normalized spacial score (nSPS) is 11.5. The first-order valence-corrected chi connectivity index (χ1v) is 12.0. The Bertz CT molecular complexity index is 1230. The molecule has 0 atom stereocenters. The molecule has 0 unspecified atom stereocenters. The summed E-state index contributed by atoms with van der Waals surface area (Å²) in [6.45, 7) is 0. The van der Waals surface area contributed by atoms with Gasteiger partial charge in [-0.05, 0) is 29.8 Å². The van der Waals surface area contributed by atoms with E-state index in [4.69, 9.17) is 9.47 Å². The number of rotatable bonds is 9. The second kappa shape index (κ2) is 9.18. The quantitative estimate of drug-likeness (QED) is 0.492. The largest absolute Gasteiger partial charge is 0.481 e. The third-order valence-corrected chi connectivity index (χ3v) is 6.58. The van der Waals surface area contributed by atoms with Crippen LogP contribution in [0.4, 0.5) is 11.5 Å². The van der Waals surface area contributed by atoms with E-state index in [-0.39, 0.29) is 34.0 Å². The summed E-state index contributed by atoms with van der Waals surface area (Å²) in [5, 5.41) is 0. The van der Waals surface area contributed by atoms with E-state index < -0.39 is 20.0 Å². The molecule has 0 aliphatic carbocycles. The van der Waals surface area contributed by atoms with Crippen LogP contribution in [0.3, 0.4) is 0 Å². The fraction of sp³-hybridized carbons (Fsp3) is 0.158. The Morgan fingerprint density at radius 2 is 1.52 bits per heavy atom. The minimum atomic E-state index is -4.00. The molecule has 3 aromatic rings. The van der Waals surface area contributed by atoms with Gasteiger partial charge in [0.2, 0.25) is 15.9 Å². The van der Waals surface area contributed by atoms with E-state index in [9.17, 15) is 16.8 Å². The maximum Gasteiger partial charge on any atom is 0.321 e. The Balaban J connectivity index is 1.74. The van der Waals surface area contributed by atoms with Gasteiger partial charge in [-0.1, -0.05) is 30.3 Å². The van der Waals surface area contributed by atoms with Gasteiger partial charge in [0.15, 0.2) is 5.82 Å². The summed E-state index contributed by atoms with van der Waals surface area (Å²) < 4.78 is 64.6. The van der Waals surface area contributed by atoms with Crippen molar-refractivity contribution in [2.24, 2.45) is 0 Å². The highest BCUT2D eigenvalue weighted by atomic mass is 32.2. The third kappa shape index (κ3) is 6.06. The Morgan fingerprint density at radius 1 is 0.839 bits per heavy atom. The summed E-state index contributed by atoms with van der Waals surface area (Å²) in [5.74, 6) is -0.128. The van der Waals surface area contributed by atoms with Gasteiger partial charge in [0, 0.05) is 11.8 Å². The number of ether oxygens (including phenoxy) is 2. The molecule has 3 rings (SSSR count). The zero-order valence-corrected chi connectivity index (χ0v) is 18.3. The maximum absolute atomic E-state index is 12.6. The number of nitrogens with one attached hydrogen (secondary N) is 2. The number of hydrogen-bond donors (Lipinski definition) is 2. The first-order chi connectivity index (χ1) is 14.7. The van der Waals surface area contributed by atoms with Crippen LogP contribution < -0.4 is 18.9 Å². The monoisotopic (exact) mass is 464 g/mol. The molecular weight excluding hydrogens is 444 g/mol. The number of aromatic nitrogens is 2. The van der Waals surface area contributed by atoms with E-state index in [0.29, 0.717) is 5.56 Å². The Labute approximate surface area is 180 Å². The molecule has 0 saturated carbocycles. The van der Waals surface area contributed by atoms with E-state index in [1.165, 1.54) is 44.6 Å². The molecular formula is C19H20N4O6S2. The highest BCUT2D eigenvalue weighted by molar-refractivity contribution is 7.92. The van der Waals surface area contributed by atoms with Crippen LogP contribution >= 0.6 is 0 Å². The van der Waals surface area contributed by atoms with Gasteiger partial charge in [-0.3, -0.25) is 9.44 Å². The Hall–Kier alpha value is -3.38. The maximum atomic E-state index is 12.6. The molecule has 2 aromatic carbocycles. The van der Waals surface area contributed by atoms with E-state index in [1.807, 2.05) is 0 Å². The van der Waals surface area contributed by atoms with Gasteiger partial charge in [-0.2, -0.15) is 9.97 Å². The van der Waals surface area contributed by atoms with Gasteiger partial charge in [-0.15, -0.1) is 0 Å². The van der Waals surface area contributed by atoms with Crippen LogP contribution in [-0.2, 0) is 25.8 Å². The molecule has 0 saturated heterocycles. The lowest BCUT2D eigenvalue weighted by atomic mass is 10.2. The first kappa shape index (κ1) is 22.3. The molecule has 1 aromatic heterocycles. The molecule has 2 N–H and O–H groups in total. The van der Waals surface area contributed by atoms with Gasteiger partial charge in [0.05, 0.1) is 24.9 Å². The fourth-order valence-electron chi connectivity index (χ4n) is 2.56. The molecule has 1 heterocycles. The highest BCUT2D eigenvalue weighted by Gasteiger charge is 2.18. The predicted octanol–water partition coefficient (Wildman–Crippen LogP) is 2.24. The van der Waals surface area contributed by atoms with Crippen LogP contribution in [-0.4, -0.2) is 41.0 Å². The van der Waals surface area contributed by atoms with Crippen molar-refractivity contribution in [3.05, 3.63) is 66.2 Å². The van der Waals surface area contributed by atoms with E-state index in [1.54, 1.807) is 30.3 Å². The molecule has 164 valence electrons. The third-order valence-electron chi connectivity index (χ3n) is 3.95. The first-order valence-electron chi connectivity index (χ1n) is 8.85. The van der Waals surface area contributed by atoms with Gasteiger partial charge in [0.1, 0.15) is 0 Å². The molecule has 0 radical (unpaired) electrons. The standard InChI is InChI=1S/C19H20N4O6S2/c1-28-18-12-17(20-19(21-18)29-2)23-31(26,27)16-10-8-15(9-11-16)22-30(24,25)13-14-6-4-3-5-7-14/h3-12,22H,13H2,1-2H3,(H,20,21,23). The molecule has 0 bridgehead atoms. The SMILES string of the molecule is COc1cc(NS(=O)(=O)c2ccc(NS(=O)(=O)Cc3ccccc3)cc2)nc(OC)n1. The van der Waals surface area contributed by atoms with Crippen LogP contribution in [0.25, 0.3) is 0 Å². The summed E-state index contributed by atoms with van der Waals surface area (Å²) in [6, 6.07) is 15.2. The van der Waals surface area contributed by atoms with Gasteiger partial charge in [0.25, 0.3) is 10.0 Å². The molecule has 0 aliphatic rings. The summed E-state index contributed by atoms with van der Waals surface area (Å²) in [4.78, 5) is 7.73. The second-order valence-electron chi connectivity index (χ2n) is 6.26. The summed E-state index contributed by atoms with van der Waals surface area (Å²) in [7, 11) is -4.95. The number of nitrogens with zero attached hydrogens (tertiary/aromatic N) is 2. The van der Waals surface area contributed by atoms with E-state index >= 15 is 0 Å². The van der Waals surface area contributed by atoms with Crippen molar-refractivity contribution in [3.63, 3.8) is 0 Å².